The molecule has 0 aliphatic rings. The van der Waals surface area contributed by atoms with Crippen LogP contribution in [0.25, 0.3) is 11.4 Å². The molecular formula is C19H20BrN3O3. The van der Waals surface area contributed by atoms with Gasteiger partial charge in [-0.25, -0.2) is 0 Å². The molecule has 0 fully saturated rings. The molecule has 0 unspecified atom stereocenters. The predicted octanol–water partition coefficient (Wildman–Crippen LogP) is 4.15. The molecule has 3 rings (SSSR count). The van der Waals surface area contributed by atoms with Gasteiger partial charge in [-0.15, -0.1) is 0 Å². The molecule has 1 heterocycles. The highest BCUT2D eigenvalue weighted by molar-refractivity contribution is 9.10. The highest BCUT2D eigenvalue weighted by Gasteiger charge is 2.14. The van der Waals surface area contributed by atoms with Crippen LogP contribution >= 0.6 is 15.9 Å². The van der Waals surface area contributed by atoms with E-state index in [9.17, 15) is 0 Å². The minimum absolute atomic E-state index is 0.523. The predicted molar refractivity (Wildman–Crippen MR) is 102 cm³/mol. The fourth-order valence-corrected chi connectivity index (χ4v) is 3.03. The minimum Gasteiger partial charge on any atom is -0.493 e. The summed E-state index contributed by atoms with van der Waals surface area (Å²) >= 11 is 3.57. The Morgan fingerprint density at radius 1 is 1.04 bits per heavy atom. The molecule has 0 atom stereocenters. The van der Waals surface area contributed by atoms with Crippen molar-refractivity contribution in [2.24, 2.45) is 0 Å². The van der Waals surface area contributed by atoms with E-state index in [0.717, 1.165) is 16.6 Å². The number of benzene rings is 2. The molecule has 6 nitrogen and oxygen atoms in total. The van der Waals surface area contributed by atoms with Gasteiger partial charge in [-0.2, -0.15) is 4.98 Å². The average molecular weight is 418 g/mol. The Morgan fingerprint density at radius 2 is 1.81 bits per heavy atom. The Morgan fingerprint density at radius 3 is 2.54 bits per heavy atom. The Hall–Kier alpha value is -2.38. The third-order valence-electron chi connectivity index (χ3n) is 3.91. The van der Waals surface area contributed by atoms with E-state index in [1.165, 1.54) is 5.56 Å². The van der Waals surface area contributed by atoms with Gasteiger partial charge in [-0.1, -0.05) is 39.3 Å². The van der Waals surface area contributed by atoms with Gasteiger partial charge in [-0.05, 0) is 36.9 Å². The summed E-state index contributed by atoms with van der Waals surface area (Å²) in [6.45, 7) is 1.33. The number of halogens is 1. The Labute approximate surface area is 160 Å². The fourth-order valence-electron chi connectivity index (χ4n) is 2.62. The number of methoxy groups -OCH3 is 2. The third-order valence-corrected chi connectivity index (χ3v) is 4.69. The molecule has 0 aliphatic carbocycles. The molecular weight excluding hydrogens is 398 g/mol. The second-order valence-electron chi connectivity index (χ2n) is 5.85. The Balaban J connectivity index is 1.71. The Kier molecular flexibility index (Phi) is 5.90. The van der Waals surface area contributed by atoms with E-state index in [1.807, 2.05) is 43.4 Å². The molecule has 7 heteroatoms. The van der Waals surface area contributed by atoms with Gasteiger partial charge in [0.1, 0.15) is 0 Å². The van der Waals surface area contributed by atoms with Crippen molar-refractivity contribution < 1.29 is 14.0 Å². The van der Waals surface area contributed by atoms with E-state index in [1.54, 1.807) is 14.2 Å². The van der Waals surface area contributed by atoms with Crippen molar-refractivity contribution in [3.63, 3.8) is 0 Å². The zero-order chi connectivity index (χ0) is 18.5. The van der Waals surface area contributed by atoms with Crippen LogP contribution in [0.1, 0.15) is 11.5 Å². The lowest BCUT2D eigenvalue weighted by atomic mass is 10.2. The maximum Gasteiger partial charge on any atom is 0.241 e. The van der Waals surface area contributed by atoms with Crippen molar-refractivity contribution in [3.05, 3.63) is 58.4 Å². The van der Waals surface area contributed by atoms with Gasteiger partial charge in [0.05, 0.1) is 20.8 Å². The van der Waals surface area contributed by atoms with E-state index in [2.05, 4.69) is 37.0 Å². The van der Waals surface area contributed by atoms with Crippen molar-refractivity contribution in [2.45, 2.75) is 13.1 Å². The van der Waals surface area contributed by atoms with E-state index < -0.39 is 0 Å². The molecule has 2 aromatic carbocycles. The zero-order valence-corrected chi connectivity index (χ0v) is 16.5. The van der Waals surface area contributed by atoms with Crippen molar-refractivity contribution in [1.29, 1.82) is 0 Å². The lowest BCUT2D eigenvalue weighted by Crippen LogP contribution is -2.17. The van der Waals surface area contributed by atoms with Crippen LogP contribution in [0, 0.1) is 0 Å². The van der Waals surface area contributed by atoms with Gasteiger partial charge in [0.15, 0.2) is 11.5 Å². The van der Waals surface area contributed by atoms with Crippen LogP contribution in [0.15, 0.2) is 51.5 Å². The minimum atomic E-state index is 0.523. The number of rotatable bonds is 7. The van der Waals surface area contributed by atoms with Crippen molar-refractivity contribution in [2.75, 3.05) is 21.3 Å². The maximum absolute atomic E-state index is 5.40. The third kappa shape index (κ3) is 4.23. The van der Waals surface area contributed by atoms with Crippen LogP contribution in [-0.4, -0.2) is 36.3 Å². The van der Waals surface area contributed by atoms with Crippen LogP contribution in [-0.2, 0) is 13.1 Å². The molecule has 0 radical (unpaired) electrons. The van der Waals surface area contributed by atoms with Crippen LogP contribution in [0.5, 0.6) is 11.5 Å². The molecule has 136 valence electrons. The summed E-state index contributed by atoms with van der Waals surface area (Å²) in [6.07, 6.45) is 0. The highest BCUT2D eigenvalue weighted by Crippen LogP contribution is 2.31. The van der Waals surface area contributed by atoms with E-state index in [-0.39, 0.29) is 0 Å². The van der Waals surface area contributed by atoms with Gasteiger partial charge in [0.25, 0.3) is 0 Å². The van der Waals surface area contributed by atoms with Crippen molar-refractivity contribution >= 4 is 15.9 Å². The van der Waals surface area contributed by atoms with Gasteiger partial charge < -0.3 is 14.0 Å². The van der Waals surface area contributed by atoms with Crippen LogP contribution < -0.4 is 9.47 Å². The first-order chi connectivity index (χ1) is 12.6. The first-order valence-corrected chi connectivity index (χ1v) is 8.87. The molecule has 0 saturated carbocycles. The summed E-state index contributed by atoms with van der Waals surface area (Å²) in [5, 5.41) is 4.08. The van der Waals surface area contributed by atoms with E-state index >= 15 is 0 Å². The maximum atomic E-state index is 5.40. The summed E-state index contributed by atoms with van der Waals surface area (Å²) in [6, 6.07) is 13.7. The molecule has 0 saturated heterocycles. The standard InChI is InChI=1S/C19H20BrN3O3/c1-23(11-14-6-4-5-7-15(14)20)12-18-21-19(22-26-18)13-8-9-16(24-2)17(10-13)25-3/h4-10H,11-12H2,1-3H3. The number of nitrogens with zero attached hydrogens (tertiary/aromatic N) is 3. The molecule has 0 amide bonds. The fraction of sp³-hybridized carbons (Fsp3) is 0.263. The second-order valence-corrected chi connectivity index (χ2v) is 6.70. The lowest BCUT2D eigenvalue weighted by Gasteiger charge is -2.15. The Bertz CT molecular complexity index is 882. The highest BCUT2D eigenvalue weighted by atomic mass is 79.9. The quantitative estimate of drug-likeness (QED) is 0.575. The van der Waals surface area contributed by atoms with Gasteiger partial charge in [-0.3, -0.25) is 4.90 Å². The summed E-state index contributed by atoms with van der Waals surface area (Å²) in [5.41, 5.74) is 2.01. The number of hydrogen-bond acceptors (Lipinski definition) is 6. The molecule has 0 spiro atoms. The van der Waals surface area contributed by atoms with Gasteiger partial charge in [0.2, 0.25) is 11.7 Å². The van der Waals surface area contributed by atoms with E-state index in [4.69, 9.17) is 14.0 Å². The molecule has 1 aromatic heterocycles. The summed E-state index contributed by atoms with van der Waals surface area (Å²) in [7, 11) is 5.21. The molecule has 0 aliphatic heterocycles. The summed E-state index contributed by atoms with van der Waals surface area (Å²) < 4.78 is 17.1. The van der Waals surface area contributed by atoms with Gasteiger partial charge in [0, 0.05) is 16.6 Å². The first kappa shape index (κ1) is 18.4. The monoisotopic (exact) mass is 417 g/mol. The normalized spacial score (nSPS) is 11.0. The number of ether oxygens (including phenoxy) is 2. The van der Waals surface area contributed by atoms with Crippen LogP contribution in [0.2, 0.25) is 0 Å². The molecule has 3 aromatic rings. The largest absolute Gasteiger partial charge is 0.493 e. The lowest BCUT2D eigenvalue weighted by molar-refractivity contribution is 0.260. The smallest absolute Gasteiger partial charge is 0.241 e. The second kappa shape index (κ2) is 8.33. The van der Waals surface area contributed by atoms with E-state index in [0.29, 0.717) is 29.8 Å². The van der Waals surface area contributed by atoms with Crippen molar-refractivity contribution in [1.82, 2.24) is 15.0 Å². The summed E-state index contributed by atoms with van der Waals surface area (Å²) in [5.74, 6) is 2.37. The average Bonchev–Trinajstić information content (AvgIpc) is 3.11. The number of hydrogen-bond donors (Lipinski definition) is 0. The SMILES string of the molecule is COc1ccc(-c2noc(CN(C)Cc3ccccc3Br)n2)cc1OC. The summed E-state index contributed by atoms with van der Waals surface area (Å²) in [4.78, 5) is 6.60. The molecule has 26 heavy (non-hydrogen) atoms. The zero-order valence-electron chi connectivity index (χ0n) is 14.9. The van der Waals surface area contributed by atoms with Gasteiger partial charge >= 0.3 is 0 Å². The molecule has 0 N–H and O–H groups in total. The topological polar surface area (TPSA) is 60.6 Å². The van der Waals surface area contributed by atoms with Crippen LogP contribution in [0.4, 0.5) is 0 Å². The van der Waals surface area contributed by atoms with Crippen molar-refractivity contribution in [3.8, 4) is 22.9 Å². The van der Waals surface area contributed by atoms with Crippen LogP contribution in [0.3, 0.4) is 0 Å². The first-order valence-electron chi connectivity index (χ1n) is 8.07. The number of aromatic nitrogens is 2. The molecule has 0 bridgehead atoms.